The highest BCUT2D eigenvalue weighted by atomic mass is 35.5. The van der Waals surface area contributed by atoms with Crippen molar-refractivity contribution in [3.05, 3.63) is 0 Å². The third-order valence-electron chi connectivity index (χ3n) is 3.32. The normalized spacial score (nSPS) is 25.0. The van der Waals surface area contributed by atoms with Gasteiger partial charge in [-0.05, 0) is 19.4 Å². The molecule has 3 amide bonds. The number of urea groups is 1. The van der Waals surface area contributed by atoms with Crippen LogP contribution < -0.4 is 11.1 Å². The third-order valence-corrected chi connectivity index (χ3v) is 3.32. The average Bonchev–Trinajstić information content (AvgIpc) is 2.84. The fourth-order valence-corrected chi connectivity index (χ4v) is 2.37. The van der Waals surface area contributed by atoms with Gasteiger partial charge in [-0.25, -0.2) is 4.79 Å². The van der Waals surface area contributed by atoms with Crippen molar-refractivity contribution in [3.63, 3.8) is 0 Å². The number of nitrogens with two attached hydrogens (primary N) is 1. The molecule has 7 heteroatoms. The van der Waals surface area contributed by atoms with E-state index in [9.17, 15) is 9.59 Å². The zero-order valence-electron chi connectivity index (χ0n) is 9.72. The summed E-state index contributed by atoms with van der Waals surface area (Å²) >= 11 is 0. The molecule has 0 radical (unpaired) electrons. The maximum atomic E-state index is 11.3. The summed E-state index contributed by atoms with van der Waals surface area (Å²) < 4.78 is 0. The van der Waals surface area contributed by atoms with E-state index in [1.165, 1.54) is 4.90 Å². The molecule has 2 heterocycles. The standard InChI is InChI=1S/C10H18N4O2.ClH/c11-6-8-2-1-3-13(8)4-5-14-9(15)7-12-10(14)16;/h8H,1-7,11H2,(H,12,16);1H. The molecule has 17 heavy (non-hydrogen) atoms. The molecule has 1 atom stereocenters. The first kappa shape index (κ1) is 14.2. The summed E-state index contributed by atoms with van der Waals surface area (Å²) in [4.78, 5) is 26.2. The monoisotopic (exact) mass is 262 g/mol. The van der Waals surface area contributed by atoms with E-state index in [4.69, 9.17) is 5.73 Å². The minimum absolute atomic E-state index is 0. The van der Waals surface area contributed by atoms with E-state index in [0.29, 0.717) is 19.1 Å². The van der Waals surface area contributed by atoms with E-state index < -0.39 is 0 Å². The maximum absolute atomic E-state index is 11.3. The summed E-state index contributed by atoms with van der Waals surface area (Å²) in [6, 6.07) is 0.147. The first-order valence-electron chi connectivity index (χ1n) is 5.74. The second-order valence-corrected chi connectivity index (χ2v) is 4.27. The number of carbonyl (C=O) groups is 2. The molecule has 2 aliphatic rings. The molecule has 0 aromatic heterocycles. The second kappa shape index (κ2) is 6.18. The van der Waals surface area contributed by atoms with E-state index in [0.717, 1.165) is 25.9 Å². The Morgan fingerprint density at radius 2 is 2.12 bits per heavy atom. The van der Waals surface area contributed by atoms with Gasteiger partial charge in [0.15, 0.2) is 0 Å². The van der Waals surface area contributed by atoms with Crippen molar-refractivity contribution in [1.29, 1.82) is 0 Å². The van der Waals surface area contributed by atoms with E-state index in [1.54, 1.807) is 0 Å². The van der Waals surface area contributed by atoms with Crippen molar-refractivity contribution in [2.24, 2.45) is 5.73 Å². The van der Waals surface area contributed by atoms with Gasteiger partial charge in [0.1, 0.15) is 0 Å². The Labute approximate surface area is 107 Å². The molecular formula is C10H19ClN4O2. The lowest BCUT2D eigenvalue weighted by atomic mass is 10.2. The quantitative estimate of drug-likeness (QED) is 0.662. The molecule has 6 nitrogen and oxygen atoms in total. The molecule has 0 aromatic rings. The lowest BCUT2D eigenvalue weighted by molar-refractivity contribution is -0.125. The first-order valence-corrected chi connectivity index (χ1v) is 5.74. The molecule has 2 rings (SSSR count). The largest absolute Gasteiger partial charge is 0.329 e. The van der Waals surface area contributed by atoms with Crippen LogP contribution in [0.1, 0.15) is 12.8 Å². The molecule has 2 saturated heterocycles. The summed E-state index contributed by atoms with van der Waals surface area (Å²) in [6.07, 6.45) is 2.28. The predicted octanol–water partition coefficient (Wildman–Crippen LogP) is -0.617. The Hall–Kier alpha value is -0.850. The van der Waals surface area contributed by atoms with Gasteiger partial charge in [0.05, 0.1) is 6.54 Å². The molecule has 1 unspecified atom stereocenters. The molecule has 3 N–H and O–H groups in total. The third kappa shape index (κ3) is 3.08. The number of imide groups is 1. The van der Waals surface area contributed by atoms with Gasteiger partial charge in [0, 0.05) is 25.7 Å². The number of halogens is 1. The van der Waals surface area contributed by atoms with Crippen molar-refractivity contribution in [2.75, 3.05) is 32.7 Å². The zero-order chi connectivity index (χ0) is 11.5. The Morgan fingerprint density at radius 1 is 1.35 bits per heavy atom. The smallest absolute Gasteiger partial charge is 0.324 e. The topological polar surface area (TPSA) is 78.7 Å². The van der Waals surface area contributed by atoms with E-state index in [-0.39, 0.29) is 30.9 Å². The SMILES string of the molecule is Cl.NCC1CCCN1CCN1C(=O)CNC1=O. The number of amides is 3. The summed E-state index contributed by atoms with van der Waals surface area (Å²) in [5, 5.41) is 2.51. The van der Waals surface area contributed by atoms with Crippen molar-refractivity contribution >= 4 is 24.3 Å². The second-order valence-electron chi connectivity index (χ2n) is 4.27. The van der Waals surface area contributed by atoms with Crippen LogP contribution in [0.4, 0.5) is 4.79 Å². The Kier molecular flexibility index (Phi) is 5.17. The van der Waals surface area contributed by atoms with Crippen LogP contribution in [0, 0.1) is 0 Å². The first-order chi connectivity index (χ1) is 7.72. The number of carbonyl (C=O) groups excluding carboxylic acids is 2. The molecule has 2 aliphatic heterocycles. The molecule has 2 fully saturated rings. The minimum Gasteiger partial charge on any atom is -0.329 e. The summed E-state index contributed by atoms with van der Waals surface area (Å²) in [5.74, 6) is -0.131. The van der Waals surface area contributed by atoms with Gasteiger partial charge < -0.3 is 11.1 Å². The molecule has 0 saturated carbocycles. The molecule has 98 valence electrons. The Morgan fingerprint density at radius 3 is 2.71 bits per heavy atom. The van der Waals surface area contributed by atoms with Crippen LogP contribution >= 0.6 is 12.4 Å². The van der Waals surface area contributed by atoms with Crippen LogP contribution in [-0.2, 0) is 4.79 Å². The number of rotatable bonds is 4. The Bertz CT molecular complexity index is 284. The van der Waals surface area contributed by atoms with Crippen LogP contribution in [0.2, 0.25) is 0 Å². The number of hydrogen-bond acceptors (Lipinski definition) is 4. The van der Waals surface area contributed by atoms with Crippen LogP contribution in [-0.4, -0.2) is 60.5 Å². The summed E-state index contributed by atoms with van der Waals surface area (Å²) in [6.45, 7) is 3.02. The van der Waals surface area contributed by atoms with Crippen molar-refractivity contribution in [3.8, 4) is 0 Å². The maximum Gasteiger partial charge on any atom is 0.324 e. The van der Waals surface area contributed by atoms with Gasteiger partial charge >= 0.3 is 6.03 Å². The highest BCUT2D eigenvalue weighted by molar-refractivity contribution is 6.01. The summed E-state index contributed by atoms with van der Waals surface area (Å²) in [5.41, 5.74) is 5.66. The fraction of sp³-hybridized carbons (Fsp3) is 0.800. The highest BCUT2D eigenvalue weighted by Gasteiger charge is 2.30. The van der Waals surface area contributed by atoms with Crippen LogP contribution in [0.5, 0.6) is 0 Å². The van der Waals surface area contributed by atoms with Crippen LogP contribution in [0.15, 0.2) is 0 Å². The number of nitrogens with zero attached hydrogens (tertiary/aromatic N) is 2. The molecule has 0 bridgehead atoms. The number of nitrogens with one attached hydrogen (secondary N) is 1. The van der Waals surface area contributed by atoms with Gasteiger partial charge in [0.2, 0.25) is 5.91 Å². The summed E-state index contributed by atoms with van der Waals surface area (Å²) in [7, 11) is 0. The van der Waals surface area contributed by atoms with E-state index in [1.807, 2.05) is 0 Å². The number of hydrogen-bond donors (Lipinski definition) is 2. The average molecular weight is 263 g/mol. The van der Waals surface area contributed by atoms with E-state index in [2.05, 4.69) is 10.2 Å². The zero-order valence-corrected chi connectivity index (χ0v) is 10.5. The van der Waals surface area contributed by atoms with Crippen molar-refractivity contribution in [1.82, 2.24) is 15.1 Å². The predicted molar refractivity (Wildman–Crippen MR) is 66.0 cm³/mol. The molecular weight excluding hydrogens is 244 g/mol. The molecule has 0 aromatic carbocycles. The number of likely N-dealkylation sites (tertiary alicyclic amines) is 1. The molecule has 0 spiro atoms. The minimum atomic E-state index is -0.270. The van der Waals surface area contributed by atoms with Crippen LogP contribution in [0.25, 0.3) is 0 Å². The highest BCUT2D eigenvalue weighted by Crippen LogP contribution is 2.15. The van der Waals surface area contributed by atoms with Gasteiger partial charge in [-0.1, -0.05) is 0 Å². The van der Waals surface area contributed by atoms with Gasteiger partial charge in [-0.3, -0.25) is 14.6 Å². The Balaban J connectivity index is 0.00000144. The van der Waals surface area contributed by atoms with Crippen molar-refractivity contribution < 1.29 is 9.59 Å². The van der Waals surface area contributed by atoms with Gasteiger partial charge in [-0.15, -0.1) is 12.4 Å². The lowest BCUT2D eigenvalue weighted by Gasteiger charge is -2.24. The molecule has 0 aliphatic carbocycles. The van der Waals surface area contributed by atoms with Gasteiger partial charge in [-0.2, -0.15) is 0 Å². The fourth-order valence-electron chi connectivity index (χ4n) is 2.37. The lowest BCUT2D eigenvalue weighted by Crippen LogP contribution is -2.42. The van der Waals surface area contributed by atoms with Crippen molar-refractivity contribution in [2.45, 2.75) is 18.9 Å². The van der Waals surface area contributed by atoms with Crippen LogP contribution in [0.3, 0.4) is 0 Å². The van der Waals surface area contributed by atoms with E-state index >= 15 is 0 Å². The van der Waals surface area contributed by atoms with Gasteiger partial charge in [0.25, 0.3) is 0 Å².